The number of carbonyl (C=O) groups excluding carboxylic acids is 1. The fraction of sp³-hybridized carbons (Fsp3) is 0.780. The molecule has 0 rings (SSSR count). The molecule has 0 fully saturated rings. The first-order chi connectivity index (χ1) is 26.7. The largest absolute Gasteiger partial charge is 0.394 e. The SMILES string of the molecule is CC/C=C\C/C=C\C/C=C\C/C=C\C/C=C\CCCCCCCCCCCCCCCCCCCC(=O)NC(CO)C(O)CCCCCCCCCCC. The van der Waals surface area contributed by atoms with E-state index in [9.17, 15) is 15.0 Å². The molecule has 0 bridgehead atoms. The molecule has 54 heavy (non-hydrogen) atoms. The Morgan fingerprint density at radius 2 is 0.815 bits per heavy atom. The second-order valence-electron chi connectivity index (χ2n) is 15.8. The molecule has 0 saturated heterocycles. The summed E-state index contributed by atoms with van der Waals surface area (Å²) in [5.41, 5.74) is 0. The van der Waals surface area contributed by atoms with Crippen molar-refractivity contribution in [3.05, 3.63) is 60.8 Å². The fourth-order valence-corrected chi connectivity index (χ4v) is 6.98. The number of aliphatic hydroxyl groups is 2. The van der Waals surface area contributed by atoms with Crippen LogP contribution in [-0.4, -0.2) is 34.9 Å². The lowest BCUT2D eigenvalue weighted by Crippen LogP contribution is -2.45. The van der Waals surface area contributed by atoms with Crippen molar-refractivity contribution >= 4 is 5.91 Å². The Labute approximate surface area is 336 Å². The van der Waals surface area contributed by atoms with Gasteiger partial charge in [0.15, 0.2) is 0 Å². The minimum absolute atomic E-state index is 0.0341. The lowest BCUT2D eigenvalue weighted by molar-refractivity contribution is -0.123. The summed E-state index contributed by atoms with van der Waals surface area (Å²) >= 11 is 0. The summed E-state index contributed by atoms with van der Waals surface area (Å²) < 4.78 is 0. The second kappa shape index (κ2) is 45.5. The highest BCUT2D eigenvalue weighted by Crippen LogP contribution is 2.16. The maximum absolute atomic E-state index is 12.4. The molecular weight excluding hydrogens is 663 g/mol. The number of aliphatic hydroxyl groups excluding tert-OH is 2. The lowest BCUT2D eigenvalue weighted by Gasteiger charge is -2.22. The van der Waals surface area contributed by atoms with Gasteiger partial charge in [-0.25, -0.2) is 0 Å². The Morgan fingerprint density at radius 3 is 1.22 bits per heavy atom. The minimum atomic E-state index is -0.657. The Balaban J connectivity index is 3.43. The van der Waals surface area contributed by atoms with Crippen LogP contribution in [0, 0.1) is 0 Å². The van der Waals surface area contributed by atoms with Crippen LogP contribution in [-0.2, 0) is 4.79 Å². The van der Waals surface area contributed by atoms with E-state index in [-0.39, 0.29) is 12.5 Å². The normalized spacial score (nSPS) is 13.5. The molecule has 0 aliphatic carbocycles. The first kappa shape index (κ1) is 52.1. The van der Waals surface area contributed by atoms with Gasteiger partial charge in [-0.2, -0.15) is 0 Å². The van der Waals surface area contributed by atoms with E-state index in [4.69, 9.17) is 0 Å². The van der Waals surface area contributed by atoms with Crippen LogP contribution >= 0.6 is 0 Å². The van der Waals surface area contributed by atoms with Crippen molar-refractivity contribution in [3.8, 4) is 0 Å². The number of hydrogen-bond acceptors (Lipinski definition) is 3. The summed E-state index contributed by atoms with van der Waals surface area (Å²) in [7, 11) is 0. The van der Waals surface area contributed by atoms with Gasteiger partial charge in [0, 0.05) is 6.42 Å². The Morgan fingerprint density at radius 1 is 0.463 bits per heavy atom. The minimum Gasteiger partial charge on any atom is -0.394 e. The highest BCUT2D eigenvalue weighted by atomic mass is 16.3. The predicted molar refractivity (Wildman–Crippen MR) is 239 cm³/mol. The van der Waals surface area contributed by atoms with Gasteiger partial charge in [-0.1, -0.05) is 229 Å². The average Bonchev–Trinajstić information content (AvgIpc) is 3.18. The zero-order chi connectivity index (χ0) is 39.3. The van der Waals surface area contributed by atoms with E-state index >= 15 is 0 Å². The van der Waals surface area contributed by atoms with E-state index in [2.05, 4.69) is 79.9 Å². The van der Waals surface area contributed by atoms with E-state index in [0.717, 1.165) is 57.8 Å². The maximum atomic E-state index is 12.4. The van der Waals surface area contributed by atoms with Crippen LogP contribution in [0.25, 0.3) is 0 Å². The number of amides is 1. The summed E-state index contributed by atoms with van der Waals surface area (Å²) in [4.78, 5) is 12.4. The molecule has 0 spiro atoms. The van der Waals surface area contributed by atoms with Crippen molar-refractivity contribution in [3.63, 3.8) is 0 Å². The topological polar surface area (TPSA) is 69.6 Å². The molecule has 1 amide bonds. The van der Waals surface area contributed by atoms with E-state index in [1.54, 1.807) is 0 Å². The van der Waals surface area contributed by atoms with Gasteiger partial charge in [-0.05, 0) is 57.8 Å². The Bertz CT molecular complexity index is 904. The van der Waals surface area contributed by atoms with Crippen molar-refractivity contribution < 1.29 is 15.0 Å². The zero-order valence-electron chi connectivity index (χ0n) is 36.0. The maximum Gasteiger partial charge on any atom is 0.220 e. The van der Waals surface area contributed by atoms with Gasteiger partial charge < -0.3 is 15.5 Å². The van der Waals surface area contributed by atoms with Crippen LogP contribution in [0.15, 0.2) is 60.8 Å². The van der Waals surface area contributed by atoms with Gasteiger partial charge >= 0.3 is 0 Å². The number of allylic oxidation sites excluding steroid dienone is 10. The van der Waals surface area contributed by atoms with Gasteiger partial charge in [0.1, 0.15) is 0 Å². The average molecular weight is 754 g/mol. The van der Waals surface area contributed by atoms with Crippen molar-refractivity contribution in [2.75, 3.05) is 6.61 Å². The summed E-state index contributed by atoms with van der Waals surface area (Å²) in [6.07, 6.45) is 63.3. The van der Waals surface area contributed by atoms with Gasteiger partial charge in [0.2, 0.25) is 5.91 Å². The number of unbranched alkanes of at least 4 members (excludes halogenated alkanes) is 25. The van der Waals surface area contributed by atoms with Crippen molar-refractivity contribution in [2.45, 2.75) is 244 Å². The molecular formula is C50H91NO3. The molecule has 314 valence electrons. The molecule has 0 heterocycles. The van der Waals surface area contributed by atoms with Gasteiger partial charge in [-0.15, -0.1) is 0 Å². The molecule has 2 unspecified atom stereocenters. The zero-order valence-corrected chi connectivity index (χ0v) is 36.0. The molecule has 0 aromatic rings. The van der Waals surface area contributed by atoms with Crippen LogP contribution in [0.2, 0.25) is 0 Å². The van der Waals surface area contributed by atoms with E-state index in [1.807, 2.05) is 0 Å². The molecule has 4 heteroatoms. The molecule has 0 aliphatic heterocycles. The first-order valence-corrected chi connectivity index (χ1v) is 23.5. The van der Waals surface area contributed by atoms with E-state index < -0.39 is 12.1 Å². The third-order valence-corrected chi connectivity index (χ3v) is 10.5. The lowest BCUT2D eigenvalue weighted by atomic mass is 10.0. The number of nitrogens with one attached hydrogen (secondary N) is 1. The van der Waals surface area contributed by atoms with Crippen molar-refractivity contribution in [1.29, 1.82) is 0 Å². The van der Waals surface area contributed by atoms with Gasteiger partial charge in [-0.3, -0.25) is 4.79 Å². The molecule has 0 radical (unpaired) electrons. The van der Waals surface area contributed by atoms with Crippen LogP contribution in [0.1, 0.15) is 232 Å². The van der Waals surface area contributed by atoms with Crippen LogP contribution in [0.3, 0.4) is 0 Å². The molecule has 0 aliphatic rings. The third kappa shape index (κ3) is 41.3. The van der Waals surface area contributed by atoms with Crippen molar-refractivity contribution in [1.82, 2.24) is 5.32 Å². The van der Waals surface area contributed by atoms with Crippen molar-refractivity contribution in [2.24, 2.45) is 0 Å². The highest BCUT2D eigenvalue weighted by Gasteiger charge is 2.20. The highest BCUT2D eigenvalue weighted by molar-refractivity contribution is 5.76. The predicted octanol–water partition coefficient (Wildman–Crippen LogP) is 14.9. The quantitative estimate of drug-likeness (QED) is 0.0429. The third-order valence-electron chi connectivity index (χ3n) is 10.5. The second-order valence-corrected chi connectivity index (χ2v) is 15.8. The van der Waals surface area contributed by atoms with E-state index in [1.165, 1.54) is 148 Å². The first-order valence-electron chi connectivity index (χ1n) is 23.5. The monoisotopic (exact) mass is 754 g/mol. The Hall–Kier alpha value is -1.91. The Kier molecular flexibility index (Phi) is 43.9. The summed E-state index contributed by atoms with van der Waals surface area (Å²) in [6.45, 7) is 4.22. The van der Waals surface area contributed by atoms with Crippen LogP contribution in [0.4, 0.5) is 0 Å². The summed E-state index contributed by atoms with van der Waals surface area (Å²) in [5.74, 6) is -0.0341. The smallest absolute Gasteiger partial charge is 0.220 e. The molecule has 2 atom stereocenters. The fourth-order valence-electron chi connectivity index (χ4n) is 6.98. The molecule has 3 N–H and O–H groups in total. The molecule has 0 aromatic carbocycles. The van der Waals surface area contributed by atoms with Gasteiger partial charge in [0.25, 0.3) is 0 Å². The summed E-state index contributed by atoms with van der Waals surface area (Å²) in [5, 5.41) is 23.1. The number of hydrogen-bond donors (Lipinski definition) is 3. The molecule has 0 aromatic heterocycles. The number of rotatable bonds is 42. The summed E-state index contributed by atoms with van der Waals surface area (Å²) in [6, 6.07) is -0.534. The molecule has 4 nitrogen and oxygen atoms in total. The van der Waals surface area contributed by atoms with Crippen LogP contribution in [0.5, 0.6) is 0 Å². The molecule has 0 saturated carbocycles. The standard InChI is InChI=1S/C50H91NO3/c1-3-5-7-9-11-13-14-15-16-17-18-19-20-21-22-23-24-25-26-27-28-29-30-31-32-33-34-35-36-38-40-42-44-46-50(54)51-48(47-52)49(53)45-43-41-39-37-12-10-8-6-4-2/h5,7,11,13,15-16,18-19,21-22,48-49,52-53H,3-4,6,8-10,12,14,17,20,23-47H2,1-2H3,(H,51,54)/b7-5-,13-11-,16-15-,19-18-,22-21-. The number of carbonyl (C=O) groups is 1. The van der Waals surface area contributed by atoms with Crippen LogP contribution < -0.4 is 5.32 Å². The van der Waals surface area contributed by atoms with E-state index in [0.29, 0.717) is 12.8 Å². The van der Waals surface area contributed by atoms with Gasteiger partial charge in [0.05, 0.1) is 18.8 Å².